The molecular weight excluding hydrogens is 392 g/mol. The predicted molar refractivity (Wildman–Crippen MR) is 110 cm³/mol. The summed E-state index contributed by atoms with van der Waals surface area (Å²) in [5.74, 6) is 0.0148. The van der Waals surface area contributed by atoms with Crippen LogP contribution in [0.1, 0.15) is 23.9 Å². The van der Waals surface area contributed by atoms with Gasteiger partial charge in [-0.25, -0.2) is 9.78 Å². The molecule has 2 heterocycles. The van der Waals surface area contributed by atoms with Gasteiger partial charge in [-0.2, -0.15) is 0 Å². The van der Waals surface area contributed by atoms with Crippen LogP contribution in [0.15, 0.2) is 70.1 Å². The maximum Gasteiger partial charge on any atom is 0.419 e. The molecule has 0 aliphatic carbocycles. The molecule has 7 nitrogen and oxygen atoms in total. The summed E-state index contributed by atoms with van der Waals surface area (Å²) in [6.45, 7) is 0.196. The lowest BCUT2D eigenvalue weighted by Crippen LogP contribution is -2.32. The second-order valence-corrected chi connectivity index (χ2v) is 7.13. The van der Waals surface area contributed by atoms with Crippen LogP contribution in [0.5, 0.6) is 0 Å². The molecule has 4 aromatic rings. The highest BCUT2D eigenvalue weighted by Gasteiger charge is 2.21. The molecule has 29 heavy (non-hydrogen) atoms. The molecule has 1 unspecified atom stereocenters. The normalized spacial score (nSPS) is 12.2. The second kappa shape index (κ2) is 7.97. The number of aromatic nitrogens is 3. The summed E-state index contributed by atoms with van der Waals surface area (Å²) in [7, 11) is 1.88. The Morgan fingerprint density at radius 2 is 2.03 bits per heavy atom. The first-order chi connectivity index (χ1) is 14.0. The number of oxazole rings is 1. The number of nitrogens with one attached hydrogen (secondary N) is 1. The minimum atomic E-state index is -0.515. The van der Waals surface area contributed by atoms with Crippen molar-refractivity contribution in [1.29, 1.82) is 0 Å². The molecule has 2 aromatic heterocycles. The third-order valence-electron chi connectivity index (χ3n) is 4.75. The first-order valence-corrected chi connectivity index (χ1v) is 9.51. The zero-order valence-corrected chi connectivity index (χ0v) is 16.5. The zero-order chi connectivity index (χ0) is 20.4. The summed E-state index contributed by atoms with van der Waals surface area (Å²) in [5.41, 5.74) is 1.93. The average Bonchev–Trinajstić information content (AvgIpc) is 3.27. The van der Waals surface area contributed by atoms with Gasteiger partial charge in [0.1, 0.15) is 11.9 Å². The lowest BCUT2D eigenvalue weighted by atomic mass is 10.1. The summed E-state index contributed by atoms with van der Waals surface area (Å²) in [6, 6.07) is 14.2. The molecule has 1 atom stereocenters. The van der Waals surface area contributed by atoms with E-state index in [1.54, 1.807) is 24.4 Å². The Bertz CT molecular complexity index is 1210. The number of nitrogens with zero attached hydrogens (tertiary/aromatic N) is 3. The summed E-state index contributed by atoms with van der Waals surface area (Å²) in [4.78, 5) is 29.2. The van der Waals surface area contributed by atoms with Crippen molar-refractivity contribution in [3.05, 3.63) is 87.9 Å². The van der Waals surface area contributed by atoms with Crippen molar-refractivity contribution in [2.75, 3.05) is 0 Å². The molecule has 0 fully saturated rings. The number of halogens is 1. The molecule has 2 aromatic carbocycles. The molecule has 0 saturated heterocycles. The second-order valence-electron chi connectivity index (χ2n) is 6.69. The number of rotatable bonds is 6. The van der Waals surface area contributed by atoms with Crippen LogP contribution in [0.2, 0.25) is 5.02 Å². The molecule has 0 aliphatic rings. The van der Waals surface area contributed by atoms with Gasteiger partial charge in [-0.15, -0.1) is 0 Å². The maximum absolute atomic E-state index is 12.7. The van der Waals surface area contributed by atoms with Gasteiger partial charge in [0.25, 0.3) is 0 Å². The lowest BCUT2D eigenvalue weighted by Gasteiger charge is -2.19. The molecule has 148 valence electrons. The largest absolute Gasteiger partial charge is 0.419 e. The maximum atomic E-state index is 12.7. The van der Waals surface area contributed by atoms with Crippen LogP contribution in [-0.4, -0.2) is 20.0 Å². The van der Waals surface area contributed by atoms with Crippen LogP contribution in [-0.2, 0) is 18.4 Å². The number of hydrogen-bond donors (Lipinski definition) is 1. The fourth-order valence-corrected chi connectivity index (χ4v) is 3.46. The van der Waals surface area contributed by atoms with Gasteiger partial charge in [-0.1, -0.05) is 41.9 Å². The van der Waals surface area contributed by atoms with Crippen LogP contribution < -0.4 is 11.1 Å². The Morgan fingerprint density at radius 1 is 1.24 bits per heavy atom. The number of amides is 1. The van der Waals surface area contributed by atoms with E-state index in [1.807, 2.05) is 48.1 Å². The van der Waals surface area contributed by atoms with Crippen molar-refractivity contribution >= 4 is 28.6 Å². The minimum Gasteiger partial charge on any atom is -0.408 e. The Kier molecular flexibility index (Phi) is 5.22. The van der Waals surface area contributed by atoms with Gasteiger partial charge in [0.05, 0.1) is 5.52 Å². The number of carbonyl (C=O) groups is 1. The number of imidazole rings is 1. The average molecular weight is 411 g/mol. The number of aryl methyl sites for hydroxylation is 2. The van der Waals surface area contributed by atoms with Crippen LogP contribution in [0, 0.1) is 0 Å². The topological polar surface area (TPSA) is 82.1 Å². The fraction of sp³-hybridized carbons (Fsp3) is 0.190. The van der Waals surface area contributed by atoms with Crippen molar-refractivity contribution < 1.29 is 9.21 Å². The Labute approximate surface area is 171 Å². The van der Waals surface area contributed by atoms with E-state index in [1.165, 1.54) is 4.57 Å². The third-order valence-corrected chi connectivity index (χ3v) is 4.98. The SMILES string of the molecule is Cn1ccnc1C(NC(=O)CCn1c(=O)oc2cc(Cl)ccc21)c1ccccc1. The first kappa shape index (κ1) is 19.0. The molecule has 4 rings (SSSR count). The van der Waals surface area contributed by atoms with Gasteiger partial charge < -0.3 is 14.3 Å². The van der Waals surface area contributed by atoms with Crippen LogP contribution in [0.4, 0.5) is 0 Å². The van der Waals surface area contributed by atoms with E-state index in [0.29, 0.717) is 16.1 Å². The number of benzene rings is 2. The van der Waals surface area contributed by atoms with Gasteiger partial charge in [0, 0.05) is 43.5 Å². The number of carbonyl (C=O) groups excluding carboxylic acids is 1. The van der Waals surface area contributed by atoms with E-state index in [4.69, 9.17) is 16.0 Å². The summed E-state index contributed by atoms with van der Waals surface area (Å²) in [5, 5.41) is 3.51. The van der Waals surface area contributed by atoms with Gasteiger partial charge in [-0.3, -0.25) is 9.36 Å². The fourth-order valence-electron chi connectivity index (χ4n) is 3.30. The third kappa shape index (κ3) is 3.95. The molecular formula is C21H19ClN4O3. The van der Waals surface area contributed by atoms with Crippen molar-refractivity contribution in [1.82, 2.24) is 19.4 Å². The summed E-state index contributed by atoms with van der Waals surface area (Å²) in [6.07, 6.45) is 3.64. The molecule has 1 N–H and O–H groups in total. The zero-order valence-electron chi connectivity index (χ0n) is 15.7. The van der Waals surface area contributed by atoms with Crippen LogP contribution in [0.3, 0.4) is 0 Å². The van der Waals surface area contributed by atoms with Gasteiger partial charge >= 0.3 is 5.76 Å². The van der Waals surface area contributed by atoms with Gasteiger partial charge in [-0.05, 0) is 17.7 Å². The minimum absolute atomic E-state index is 0.116. The van der Waals surface area contributed by atoms with E-state index in [9.17, 15) is 9.59 Å². The molecule has 0 radical (unpaired) electrons. The molecule has 0 bridgehead atoms. The quantitative estimate of drug-likeness (QED) is 0.529. The number of fused-ring (bicyclic) bond motifs is 1. The number of hydrogen-bond acceptors (Lipinski definition) is 4. The molecule has 8 heteroatoms. The van der Waals surface area contributed by atoms with Crippen molar-refractivity contribution in [2.24, 2.45) is 7.05 Å². The summed E-state index contributed by atoms with van der Waals surface area (Å²) >= 11 is 5.94. The van der Waals surface area contributed by atoms with E-state index in [2.05, 4.69) is 10.3 Å². The standard InChI is InChI=1S/C21H19ClN4O3/c1-25-12-10-23-20(25)19(14-5-3-2-4-6-14)24-18(27)9-11-26-16-8-7-15(22)13-17(16)29-21(26)28/h2-8,10,12-13,19H,9,11H2,1H3,(H,24,27). The van der Waals surface area contributed by atoms with Crippen molar-refractivity contribution in [3.63, 3.8) is 0 Å². The van der Waals surface area contributed by atoms with Crippen molar-refractivity contribution in [3.8, 4) is 0 Å². The van der Waals surface area contributed by atoms with Crippen LogP contribution >= 0.6 is 11.6 Å². The Balaban J connectivity index is 1.53. The lowest BCUT2D eigenvalue weighted by molar-refractivity contribution is -0.121. The Morgan fingerprint density at radius 3 is 2.76 bits per heavy atom. The van der Waals surface area contributed by atoms with Gasteiger partial charge in [0.2, 0.25) is 5.91 Å². The summed E-state index contributed by atoms with van der Waals surface area (Å²) < 4.78 is 8.52. The monoisotopic (exact) mass is 410 g/mol. The highest BCUT2D eigenvalue weighted by Crippen LogP contribution is 2.21. The van der Waals surface area contributed by atoms with Gasteiger partial charge in [0.15, 0.2) is 5.58 Å². The van der Waals surface area contributed by atoms with E-state index in [0.717, 1.165) is 11.4 Å². The highest BCUT2D eigenvalue weighted by atomic mass is 35.5. The van der Waals surface area contributed by atoms with E-state index >= 15 is 0 Å². The predicted octanol–water partition coefficient (Wildman–Crippen LogP) is 3.28. The molecule has 0 aliphatic heterocycles. The van der Waals surface area contributed by atoms with Crippen molar-refractivity contribution in [2.45, 2.75) is 19.0 Å². The smallest absolute Gasteiger partial charge is 0.408 e. The molecule has 0 saturated carbocycles. The molecule has 0 spiro atoms. The van der Waals surface area contributed by atoms with E-state index in [-0.39, 0.29) is 24.9 Å². The first-order valence-electron chi connectivity index (χ1n) is 9.13. The van der Waals surface area contributed by atoms with Crippen LogP contribution in [0.25, 0.3) is 11.1 Å². The molecule has 1 amide bonds. The van der Waals surface area contributed by atoms with E-state index < -0.39 is 5.76 Å². The highest BCUT2D eigenvalue weighted by molar-refractivity contribution is 6.31. The Hall–Kier alpha value is -3.32.